The molecule has 7 heteroatoms. The Morgan fingerprint density at radius 1 is 1.23 bits per heavy atom. The third-order valence-electron chi connectivity index (χ3n) is 5.86. The summed E-state index contributed by atoms with van der Waals surface area (Å²) in [7, 11) is 0. The van der Waals surface area contributed by atoms with Gasteiger partial charge in [0.2, 0.25) is 0 Å². The highest BCUT2D eigenvalue weighted by atomic mass is 32.2. The van der Waals surface area contributed by atoms with Crippen molar-refractivity contribution < 1.29 is 14.3 Å². The SMILES string of the molecule is CC(C)c1nc(SCC(=O)c2ccc3c(c2)OCCO3)c2c3c(sc2n1)C[C@@H](C)CC3. The van der Waals surface area contributed by atoms with Crippen molar-refractivity contribution in [1.29, 1.82) is 0 Å². The second-order valence-corrected chi connectivity index (χ2v) is 10.7. The first-order chi connectivity index (χ1) is 15.0. The molecule has 0 unspecified atom stereocenters. The van der Waals surface area contributed by atoms with Crippen molar-refractivity contribution >= 4 is 39.1 Å². The zero-order chi connectivity index (χ0) is 21.5. The first kappa shape index (κ1) is 20.8. The van der Waals surface area contributed by atoms with Gasteiger partial charge in [0.25, 0.3) is 0 Å². The number of carbonyl (C=O) groups is 1. The highest BCUT2D eigenvalue weighted by Crippen LogP contribution is 2.41. The van der Waals surface area contributed by atoms with Gasteiger partial charge < -0.3 is 9.47 Å². The summed E-state index contributed by atoms with van der Waals surface area (Å²) in [5, 5.41) is 2.13. The molecule has 1 atom stereocenters. The molecular weight excluding hydrogens is 428 g/mol. The van der Waals surface area contributed by atoms with E-state index in [0.29, 0.717) is 41.9 Å². The molecule has 0 spiro atoms. The molecule has 3 heterocycles. The quantitative estimate of drug-likeness (QED) is 0.281. The molecule has 1 aliphatic heterocycles. The zero-order valence-corrected chi connectivity index (χ0v) is 19.7. The molecular formula is C24H26N2O3S2. The number of ketones is 1. The fraction of sp³-hybridized carbons (Fsp3) is 0.458. The number of carbonyl (C=O) groups excluding carboxylic acids is 1. The summed E-state index contributed by atoms with van der Waals surface area (Å²) in [5.41, 5.74) is 2.05. The third-order valence-corrected chi connectivity index (χ3v) is 7.98. The van der Waals surface area contributed by atoms with Gasteiger partial charge in [0, 0.05) is 21.7 Å². The highest BCUT2D eigenvalue weighted by Gasteiger charge is 2.25. The number of benzene rings is 1. The lowest BCUT2D eigenvalue weighted by Crippen LogP contribution is -2.16. The number of thiophene rings is 1. The maximum absolute atomic E-state index is 13.0. The van der Waals surface area contributed by atoms with Crippen molar-refractivity contribution in [3.05, 3.63) is 40.0 Å². The molecule has 0 N–H and O–H groups in total. The van der Waals surface area contributed by atoms with Crippen LogP contribution >= 0.6 is 23.1 Å². The van der Waals surface area contributed by atoms with Gasteiger partial charge in [-0.15, -0.1) is 11.3 Å². The lowest BCUT2D eigenvalue weighted by molar-refractivity contribution is 0.102. The number of nitrogens with zero attached hydrogens (tertiary/aromatic N) is 2. The molecule has 31 heavy (non-hydrogen) atoms. The van der Waals surface area contributed by atoms with Crippen LogP contribution in [0.1, 0.15) is 59.7 Å². The Morgan fingerprint density at radius 3 is 2.84 bits per heavy atom. The molecule has 2 aliphatic rings. The predicted octanol–water partition coefficient (Wildman–Crippen LogP) is 5.69. The number of fused-ring (bicyclic) bond motifs is 4. The summed E-state index contributed by atoms with van der Waals surface area (Å²) in [6.45, 7) is 7.61. The Morgan fingerprint density at radius 2 is 2.03 bits per heavy atom. The van der Waals surface area contributed by atoms with Gasteiger partial charge in [0.05, 0.1) is 5.75 Å². The van der Waals surface area contributed by atoms with Crippen LogP contribution < -0.4 is 9.47 Å². The van der Waals surface area contributed by atoms with E-state index in [4.69, 9.17) is 19.4 Å². The van der Waals surface area contributed by atoms with Crippen molar-refractivity contribution in [2.75, 3.05) is 19.0 Å². The van der Waals surface area contributed by atoms with Crippen molar-refractivity contribution in [1.82, 2.24) is 9.97 Å². The van der Waals surface area contributed by atoms with Crippen LogP contribution in [0, 0.1) is 5.92 Å². The first-order valence-corrected chi connectivity index (χ1v) is 12.7. The van der Waals surface area contributed by atoms with E-state index in [1.807, 2.05) is 23.5 Å². The topological polar surface area (TPSA) is 61.3 Å². The van der Waals surface area contributed by atoms with E-state index in [9.17, 15) is 4.79 Å². The fourth-order valence-corrected chi connectivity index (χ4v) is 6.53. The molecule has 1 aromatic carbocycles. The summed E-state index contributed by atoms with van der Waals surface area (Å²) < 4.78 is 11.2. The first-order valence-electron chi connectivity index (χ1n) is 10.9. The largest absolute Gasteiger partial charge is 0.486 e. The van der Waals surface area contributed by atoms with Gasteiger partial charge in [-0.3, -0.25) is 4.79 Å². The molecule has 0 bridgehead atoms. The summed E-state index contributed by atoms with van der Waals surface area (Å²) in [4.78, 5) is 25.3. The van der Waals surface area contributed by atoms with Crippen molar-refractivity contribution in [2.24, 2.45) is 5.92 Å². The van der Waals surface area contributed by atoms with Crippen LogP contribution in [0.5, 0.6) is 11.5 Å². The fourth-order valence-electron chi connectivity index (χ4n) is 4.12. The minimum Gasteiger partial charge on any atom is -0.486 e. The monoisotopic (exact) mass is 454 g/mol. The van der Waals surface area contributed by atoms with E-state index in [0.717, 1.165) is 28.5 Å². The summed E-state index contributed by atoms with van der Waals surface area (Å²) in [5.74, 6) is 3.57. The van der Waals surface area contributed by atoms with Crippen molar-refractivity contribution in [3.8, 4) is 11.5 Å². The van der Waals surface area contributed by atoms with Crippen LogP contribution in [-0.2, 0) is 12.8 Å². The van der Waals surface area contributed by atoms with Gasteiger partial charge in [-0.1, -0.05) is 32.5 Å². The second-order valence-electron chi connectivity index (χ2n) is 8.64. The molecule has 162 valence electrons. The van der Waals surface area contributed by atoms with Gasteiger partial charge in [0.1, 0.15) is 28.9 Å². The Balaban J connectivity index is 1.44. The number of aromatic nitrogens is 2. The van der Waals surface area contributed by atoms with Gasteiger partial charge in [-0.2, -0.15) is 0 Å². The number of hydrogen-bond acceptors (Lipinski definition) is 7. The molecule has 5 nitrogen and oxygen atoms in total. The molecule has 5 rings (SSSR count). The van der Waals surface area contributed by atoms with E-state index in [1.54, 1.807) is 6.07 Å². The maximum atomic E-state index is 13.0. The molecule has 1 aliphatic carbocycles. The summed E-state index contributed by atoms with van der Waals surface area (Å²) in [6.07, 6.45) is 3.39. The van der Waals surface area contributed by atoms with Crippen LogP contribution in [-0.4, -0.2) is 34.7 Å². The van der Waals surface area contributed by atoms with E-state index in [2.05, 4.69) is 20.8 Å². The standard InChI is InChI=1S/C24H26N2O3S2/c1-13(2)22-25-23(21-16-6-4-14(3)10-20(16)31-24(21)26-22)30-12-17(27)15-5-7-18-19(11-15)29-9-8-28-18/h5,7,11,13-14H,4,6,8-10,12H2,1-3H3/t14-/m0/s1. The maximum Gasteiger partial charge on any atom is 0.173 e. The van der Waals surface area contributed by atoms with Gasteiger partial charge in [-0.25, -0.2) is 9.97 Å². The summed E-state index contributed by atoms with van der Waals surface area (Å²) in [6, 6.07) is 5.43. The highest BCUT2D eigenvalue weighted by molar-refractivity contribution is 8.00. The number of hydrogen-bond donors (Lipinski definition) is 0. The minimum absolute atomic E-state index is 0.0672. The molecule has 3 aromatic rings. The molecule has 0 saturated heterocycles. The number of aryl methyl sites for hydroxylation is 1. The molecule has 2 aromatic heterocycles. The van der Waals surface area contributed by atoms with Crippen molar-refractivity contribution in [3.63, 3.8) is 0 Å². The normalized spacial score (nSPS) is 17.7. The Hall–Kier alpha value is -2.12. The summed E-state index contributed by atoms with van der Waals surface area (Å²) >= 11 is 3.35. The molecule has 0 saturated carbocycles. The van der Waals surface area contributed by atoms with Crippen LogP contribution in [0.25, 0.3) is 10.2 Å². The van der Waals surface area contributed by atoms with E-state index >= 15 is 0 Å². The smallest absolute Gasteiger partial charge is 0.173 e. The average molecular weight is 455 g/mol. The second kappa shape index (κ2) is 8.43. The number of thioether (sulfide) groups is 1. The Bertz CT molecular complexity index is 1160. The molecule has 0 fully saturated rings. The van der Waals surface area contributed by atoms with Crippen LogP contribution in [0.3, 0.4) is 0 Å². The lowest BCUT2D eigenvalue weighted by atomic mass is 9.89. The Kier molecular flexibility index (Phi) is 5.65. The predicted molar refractivity (Wildman–Crippen MR) is 125 cm³/mol. The van der Waals surface area contributed by atoms with Gasteiger partial charge in [-0.05, 0) is 48.9 Å². The zero-order valence-electron chi connectivity index (χ0n) is 18.1. The van der Waals surface area contributed by atoms with Crippen LogP contribution in [0.2, 0.25) is 0 Å². The van der Waals surface area contributed by atoms with Crippen molar-refractivity contribution in [2.45, 2.75) is 51.0 Å². The molecule has 0 amide bonds. The molecule has 0 radical (unpaired) electrons. The minimum atomic E-state index is 0.0672. The number of Topliss-reactive ketones (excluding diaryl/α,β-unsaturated/α-hetero) is 1. The van der Waals surface area contributed by atoms with Gasteiger partial charge >= 0.3 is 0 Å². The van der Waals surface area contributed by atoms with Crippen LogP contribution in [0.4, 0.5) is 0 Å². The van der Waals surface area contributed by atoms with E-state index < -0.39 is 0 Å². The third kappa shape index (κ3) is 4.05. The number of rotatable bonds is 5. The van der Waals surface area contributed by atoms with Crippen LogP contribution in [0.15, 0.2) is 23.2 Å². The van der Waals surface area contributed by atoms with E-state index in [-0.39, 0.29) is 11.7 Å². The Labute approximate surface area is 190 Å². The number of ether oxygens (including phenoxy) is 2. The van der Waals surface area contributed by atoms with E-state index in [1.165, 1.54) is 34.0 Å². The average Bonchev–Trinajstić information content (AvgIpc) is 3.14. The lowest BCUT2D eigenvalue weighted by Gasteiger charge is -2.19. The van der Waals surface area contributed by atoms with Gasteiger partial charge in [0.15, 0.2) is 17.3 Å².